The van der Waals surface area contributed by atoms with E-state index in [1.807, 2.05) is 0 Å². The Hall–Kier alpha value is -0.580. The summed E-state index contributed by atoms with van der Waals surface area (Å²) in [7, 11) is -2.91. The van der Waals surface area contributed by atoms with Crippen LogP contribution in [-0.2, 0) is 14.6 Å². The lowest BCUT2D eigenvalue weighted by Gasteiger charge is -1.98. The molecule has 0 radical (unpaired) electrons. The van der Waals surface area contributed by atoms with E-state index in [4.69, 9.17) is 5.11 Å². The number of hydrogen-bond acceptors (Lipinski definition) is 3. The van der Waals surface area contributed by atoms with Crippen LogP contribution < -0.4 is 0 Å². The Morgan fingerprint density at radius 1 is 1.33 bits per heavy atom. The van der Waals surface area contributed by atoms with Gasteiger partial charge in [0.25, 0.3) is 0 Å². The second kappa shape index (κ2) is 5.13. The normalized spacial score (nSPS) is 11.4. The minimum absolute atomic E-state index is 0.0548. The summed E-state index contributed by atoms with van der Waals surface area (Å²) >= 11 is 0. The Kier molecular flexibility index (Phi) is 4.89. The summed E-state index contributed by atoms with van der Waals surface area (Å²) in [6.45, 7) is 1.59. The average molecular weight is 194 g/mol. The lowest BCUT2D eigenvalue weighted by atomic mass is 10.3. The van der Waals surface area contributed by atoms with E-state index in [-0.39, 0.29) is 17.9 Å². The zero-order valence-corrected chi connectivity index (χ0v) is 7.93. The lowest BCUT2D eigenvalue weighted by Crippen LogP contribution is -2.08. The first-order chi connectivity index (χ1) is 5.48. The van der Waals surface area contributed by atoms with E-state index in [0.717, 1.165) is 0 Å². The smallest absolute Gasteiger partial charge is 0.303 e. The highest BCUT2D eigenvalue weighted by atomic mass is 32.2. The molecule has 0 fully saturated rings. The van der Waals surface area contributed by atoms with Gasteiger partial charge in [0, 0.05) is 12.2 Å². The average Bonchev–Trinajstić information content (AvgIpc) is 1.98. The van der Waals surface area contributed by atoms with Crippen molar-refractivity contribution in [1.29, 1.82) is 0 Å². The van der Waals surface area contributed by atoms with E-state index in [1.54, 1.807) is 6.92 Å². The van der Waals surface area contributed by atoms with Gasteiger partial charge in [-0.05, 0) is 12.8 Å². The van der Waals surface area contributed by atoms with Crippen LogP contribution in [0.5, 0.6) is 0 Å². The largest absolute Gasteiger partial charge is 0.481 e. The minimum Gasteiger partial charge on any atom is -0.481 e. The molecule has 0 aromatic rings. The van der Waals surface area contributed by atoms with E-state index in [9.17, 15) is 13.2 Å². The number of carbonyl (C=O) groups is 1. The van der Waals surface area contributed by atoms with Crippen LogP contribution in [0.1, 0.15) is 26.2 Å². The molecule has 0 unspecified atom stereocenters. The van der Waals surface area contributed by atoms with Crippen molar-refractivity contribution in [1.82, 2.24) is 0 Å². The van der Waals surface area contributed by atoms with Crippen LogP contribution in [0.4, 0.5) is 0 Å². The van der Waals surface area contributed by atoms with Gasteiger partial charge in [-0.1, -0.05) is 6.92 Å². The molecule has 0 heterocycles. The van der Waals surface area contributed by atoms with Crippen molar-refractivity contribution in [3.63, 3.8) is 0 Å². The number of carboxylic acids is 1. The molecular weight excluding hydrogens is 180 g/mol. The van der Waals surface area contributed by atoms with Crippen molar-refractivity contribution >= 4 is 15.8 Å². The Morgan fingerprint density at radius 2 is 1.92 bits per heavy atom. The molecular formula is C7H14O4S. The molecule has 0 amide bonds. The van der Waals surface area contributed by atoms with Gasteiger partial charge in [0.15, 0.2) is 0 Å². The third kappa shape index (κ3) is 6.15. The molecule has 0 saturated heterocycles. The Morgan fingerprint density at radius 3 is 2.33 bits per heavy atom. The summed E-state index contributed by atoms with van der Waals surface area (Å²) in [6, 6.07) is 0. The van der Waals surface area contributed by atoms with Crippen LogP contribution in [0.25, 0.3) is 0 Å². The van der Waals surface area contributed by atoms with Crippen LogP contribution in [0, 0.1) is 0 Å². The van der Waals surface area contributed by atoms with Crippen molar-refractivity contribution in [2.75, 3.05) is 11.5 Å². The molecule has 0 spiro atoms. The third-order valence-electron chi connectivity index (χ3n) is 1.54. The van der Waals surface area contributed by atoms with Gasteiger partial charge in [-0.15, -0.1) is 0 Å². The number of unbranched alkanes of at least 4 members (excludes halogenated alkanes) is 1. The Bertz CT molecular complexity index is 230. The molecule has 0 atom stereocenters. The second-order valence-electron chi connectivity index (χ2n) is 2.59. The molecule has 1 N–H and O–H groups in total. The number of rotatable bonds is 6. The maximum atomic E-state index is 10.9. The van der Waals surface area contributed by atoms with Crippen molar-refractivity contribution in [3.05, 3.63) is 0 Å². The van der Waals surface area contributed by atoms with E-state index in [2.05, 4.69) is 0 Å². The molecule has 0 aliphatic carbocycles. The molecule has 4 nitrogen and oxygen atoms in total. The molecule has 0 aliphatic rings. The standard InChI is InChI=1S/C7H14O4S/c1-2-12(10,11)6-4-3-5-7(8)9/h2-6H2,1H3,(H,8,9). The van der Waals surface area contributed by atoms with Gasteiger partial charge < -0.3 is 5.11 Å². The summed E-state index contributed by atoms with van der Waals surface area (Å²) in [6.07, 6.45) is 0.941. The molecule has 12 heavy (non-hydrogen) atoms. The van der Waals surface area contributed by atoms with Gasteiger partial charge in [0.2, 0.25) is 0 Å². The fraction of sp³-hybridized carbons (Fsp3) is 0.857. The van der Waals surface area contributed by atoms with Gasteiger partial charge in [-0.3, -0.25) is 4.79 Å². The highest BCUT2D eigenvalue weighted by Crippen LogP contribution is 2.00. The summed E-state index contributed by atoms with van der Waals surface area (Å²) in [5, 5.41) is 8.25. The van der Waals surface area contributed by atoms with Gasteiger partial charge in [-0.25, -0.2) is 8.42 Å². The first kappa shape index (κ1) is 11.4. The minimum atomic E-state index is -2.91. The molecule has 72 valence electrons. The highest BCUT2D eigenvalue weighted by Gasteiger charge is 2.06. The Balaban J connectivity index is 3.51. The zero-order chi connectivity index (χ0) is 9.61. The zero-order valence-electron chi connectivity index (χ0n) is 7.12. The molecule has 0 rings (SSSR count). The fourth-order valence-electron chi connectivity index (χ4n) is 0.743. The van der Waals surface area contributed by atoms with Crippen molar-refractivity contribution in [2.45, 2.75) is 26.2 Å². The van der Waals surface area contributed by atoms with Gasteiger partial charge in [0.05, 0.1) is 5.75 Å². The van der Waals surface area contributed by atoms with E-state index >= 15 is 0 Å². The summed E-state index contributed by atoms with van der Waals surface area (Å²) < 4.78 is 21.8. The number of sulfone groups is 1. The second-order valence-corrected chi connectivity index (χ2v) is 5.06. The SMILES string of the molecule is CCS(=O)(=O)CCCCC(=O)O. The predicted molar refractivity (Wildman–Crippen MR) is 45.8 cm³/mol. The van der Waals surface area contributed by atoms with Crippen LogP contribution in [0.3, 0.4) is 0 Å². The monoisotopic (exact) mass is 194 g/mol. The maximum absolute atomic E-state index is 10.9. The number of aliphatic carboxylic acids is 1. The van der Waals surface area contributed by atoms with Gasteiger partial charge in [-0.2, -0.15) is 0 Å². The van der Waals surface area contributed by atoms with Gasteiger partial charge >= 0.3 is 5.97 Å². The van der Waals surface area contributed by atoms with E-state index in [1.165, 1.54) is 0 Å². The highest BCUT2D eigenvalue weighted by molar-refractivity contribution is 7.91. The first-order valence-electron chi connectivity index (χ1n) is 3.90. The summed E-state index contributed by atoms with van der Waals surface area (Å²) in [4.78, 5) is 10.0. The van der Waals surface area contributed by atoms with Gasteiger partial charge in [0.1, 0.15) is 9.84 Å². The number of carboxylic acid groups (broad SMARTS) is 1. The Labute approximate surface area is 72.5 Å². The molecule has 0 bridgehead atoms. The van der Waals surface area contributed by atoms with Crippen LogP contribution in [0.15, 0.2) is 0 Å². The van der Waals surface area contributed by atoms with Crippen LogP contribution in [0.2, 0.25) is 0 Å². The van der Waals surface area contributed by atoms with Crippen molar-refractivity contribution in [3.8, 4) is 0 Å². The molecule has 0 saturated carbocycles. The summed E-state index contributed by atoms with van der Waals surface area (Å²) in [5.41, 5.74) is 0. The van der Waals surface area contributed by atoms with Crippen LogP contribution >= 0.6 is 0 Å². The fourth-order valence-corrected chi connectivity index (χ4v) is 1.68. The first-order valence-corrected chi connectivity index (χ1v) is 5.72. The maximum Gasteiger partial charge on any atom is 0.303 e. The molecule has 0 aliphatic heterocycles. The summed E-state index contributed by atoms with van der Waals surface area (Å²) in [5.74, 6) is -0.625. The van der Waals surface area contributed by atoms with Crippen molar-refractivity contribution < 1.29 is 18.3 Å². The van der Waals surface area contributed by atoms with E-state index in [0.29, 0.717) is 12.8 Å². The third-order valence-corrected chi connectivity index (χ3v) is 3.33. The van der Waals surface area contributed by atoms with E-state index < -0.39 is 15.8 Å². The molecule has 0 aromatic heterocycles. The van der Waals surface area contributed by atoms with Crippen LogP contribution in [-0.4, -0.2) is 31.0 Å². The van der Waals surface area contributed by atoms with Crippen molar-refractivity contribution in [2.24, 2.45) is 0 Å². The quantitative estimate of drug-likeness (QED) is 0.631. The molecule has 0 aromatic carbocycles. The number of hydrogen-bond donors (Lipinski definition) is 1. The topological polar surface area (TPSA) is 71.4 Å². The molecule has 5 heteroatoms. The lowest BCUT2D eigenvalue weighted by molar-refractivity contribution is -0.137. The predicted octanol–water partition coefficient (Wildman–Crippen LogP) is 0.676.